The van der Waals surface area contributed by atoms with Crippen LogP contribution < -0.4 is 10.6 Å². The van der Waals surface area contributed by atoms with Crippen LogP contribution in [0.15, 0.2) is 28.7 Å². The zero-order valence-electron chi connectivity index (χ0n) is 11.5. The van der Waals surface area contributed by atoms with E-state index in [0.717, 1.165) is 25.5 Å². The zero-order chi connectivity index (χ0) is 13.5. The average molecular weight is 422 g/mol. The van der Waals surface area contributed by atoms with E-state index in [9.17, 15) is 0 Å². The lowest BCUT2D eigenvalue weighted by Gasteiger charge is -2.10. The van der Waals surface area contributed by atoms with Crippen molar-refractivity contribution in [3.8, 4) is 0 Å². The number of hydrogen-bond donors (Lipinski definition) is 2. The molecule has 110 valence electrons. The van der Waals surface area contributed by atoms with Gasteiger partial charge >= 0.3 is 0 Å². The van der Waals surface area contributed by atoms with Gasteiger partial charge in [-0.15, -0.1) is 46.7 Å². The second kappa shape index (κ2) is 9.30. The molecule has 4 nitrogen and oxygen atoms in total. The van der Waals surface area contributed by atoms with Crippen molar-refractivity contribution in [2.24, 2.45) is 4.99 Å². The number of rotatable bonds is 5. The number of thiazole rings is 1. The molecule has 20 heavy (non-hydrogen) atoms. The summed E-state index contributed by atoms with van der Waals surface area (Å²) in [6, 6.07) is 4.17. The SMILES string of the molecule is CN=C(NCCc1ncc(C)s1)NCc1cccs1.I. The normalized spacial score (nSPS) is 11.0. The Morgan fingerprint density at radius 3 is 2.85 bits per heavy atom. The number of aliphatic imine (C=N–C) groups is 1. The van der Waals surface area contributed by atoms with Crippen molar-refractivity contribution in [3.05, 3.63) is 38.5 Å². The molecule has 2 aromatic heterocycles. The molecule has 2 aromatic rings. The van der Waals surface area contributed by atoms with E-state index >= 15 is 0 Å². The fourth-order valence-electron chi connectivity index (χ4n) is 1.61. The van der Waals surface area contributed by atoms with Gasteiger partial charge < -0.3 is 10.6 Å². The van der Waals surface area contributed by atoms with Crippen LogP contribution in [0.5, 0.6) is 0 Å². The highest BCUT2D eigenvalue weighted by Gasteiger charge is 2.01. The van der Waals surface area contributed by atoms with Gasteiger partial charge in [0.25, 0.3) is 0 Å². The summed E-state index contributed by atoms with van der Waals surface area (Å²) in [5, 5.41) is 9.84. The van der Waals surface area contributed by atoms with Gasteiger partial charge in [-0.25, -0.2) is 4.98 Å². The predicted octanol–water partition coefficient (Wildman–Crippen LogP) is 3.04. The van der Waals surface area contributed by atoms with Crippen molar-refractivity contribution in [1.82, 2.24) is 15.6 Å². The van der Waals surface area contributed by atoms with E-state index < -0.39 is 0 Å². The summed E-state index contributed by atoms with van der Waals surface area (Å²) in [7, 11) is 1.79. The topological polar surface area (TPSA) is 49.3 Å². The molecule has 2 heterocycles. The fourth-order valence-corrected chi connectivity index (χ4v) is 3.04. The van der Waals surface area contributed by atoms with Gasteiger partial charge in [0.15, 0.2) is 5.96 Å². The maximum atomic E-state index is 4.34. The molecular formula is C13H19IN4S2. The number of hydrogen-bond acceptors (Lipinski definition) is 4. The minimum atomic E-state index is 0. The van der Waals surface area contributed by atoms with Crippen LogP contribution >= 0.6 is 46.7 Å². The van der Waals surface area contributed by atoms with Gasteiger partial charge in [-0.1, -0.05) is 6.07 Å². The van der Waals surface area contributed by atoms with Crippen molar-refractivity contribution >= 4 is 52.6 Å². The molecule has 0 unspecified atom stereocenters. The Bertz CT molecular complexity index is 522. The molecule has 0 aliphatic rings. The Labute approximate surface area is 144 Å². The van der Waals surface area contributed by atoms with Crippen LogP contribution in [0, 0.1) is 6.92 Å². The molecule has 0 fully saturated rings. The van der Waals surface area contributed by atoms with Gasteiger partial charge in [0.05, 0.1) is 11.6 Å². The first kappa shape index (κ1) is 17.4. The molecule has 7 heteroatoms. The van der Waals surface area contributed by atoms with Crippen LogP contribution in [-0.4, -0.2) is 24.5 Å². The highest BCUT2D eigenvalue weighted by molar-refractivity contribution is 14.0. The number of halogens is 1. The van der Waals surface area contributed by atoms with Gasteiger partial charge in [0, 0.05) is 36.0 Å². The maximum Gasteiger partial charge on any atom is 0.191 e. The first-order valence-electron chi connectivity index (χ1n) is 6.16. The quantitative estimate of drug-likeness (QED) is 0.443. The molecule has 0 saturated heterocycles. The molecule has 0 amide bonds. The number of nitrogens with zero attached hydrogens (tertiary/aromatic N) is 2. The number of nitrogens with one attached hydrogen (secondary N) is 2. The highest BCUT2D eigenvalue weighted by atomic mass is 127. The molecule has 0 bridgehead atoms. The van der Waals surface area contributed by atoms with Gasteiger partial charge in [-0.2, -0.15) is 0 Å². The number of guanidine groups is 1. The molecule has 0 spiro atoms. The zero-order valence-corrected chi connectivity index (χ0v) is 15.5. The number of aryl methyl sites for hydroxylation is 1. The third-order valence-electron chi connectivity index (χ3n) is 2.53. The molecular weight excluding hydrogens is 403 g/mol. The minimum Gasteiger partial charge on any atom is -0.356 e. The average Bonchev–Trinajstić information content (AvgIpc) is 3.05. The molecule has 2 N–H and O–H groups in total. The lowest BCUT2D eigenvalue weighted by atomic mass is 10.4. The van der Waals surface area contributed by atoms with E-state index in [-0.39, 0.29) is 24.0 Å². The van der Waals surface area contributed by atoms with E-state index in [4.69, 9.17) is 0 Å². The summed E-state index contributed by atoms with van der Waals surface area (Å²) in [5.41, 5.74) is 0. The smallest absolute Gasteiger partial charge is 0.191 e. The minimum absolute atomic E-state index is 0. The lowest BCUT2D eigenvalue weighted by Crippen LogP contribution is -2.37. The van der Waals surface area contributed by atoms with Gasteiger partial charge in [0.1, 0.15) is 0 Å². The summed E-state index contributed by atoms with van der Waals surface area (Å²) in [5.74, 6) is 0.835. The van der Waals surface area contributed by atoms with Crippen LogP contribution in [0.1, 0.15) is 14.8 Å². The maximum absolute atomic E-state index is 4.34. The largest absolute Gasteiger partial charge is 0.356 e. The predicted molar refractivity (Wildman–Crippen MR) is 98.5 cm³/mol. The van der Waals surface area contributed by atoms with Crippen LogP contribution in [0.4, 0.5) is 0 Å². The van der Waals surface area contributed by atoms with Gasteiger partial charge in [0.2, 0.25) is 0 Å². The van der Waals surface area contributed by atoms with E-state index in [1.165, 1.54) is 14.8 Å². The monoisotopic (exact) mass is 422 g/mol. The number of thiophene rings is 1. The van der Waals surface area contributed by atoms with E-state index in [1.807, 2.05) is 6.20 Å². The summed E-state index contributed by atoms with van der Waals surface area (Å²) in [6.07, 6.45) is 2.85. The molecule has 0 atom stereocenters. The summed E-state index contributed by atoms with van der Waals surface area (Å²) in [4.78, 5) is 11.1. The van der Waals surface area contributed by atoms with Crippen LogP contribution in [0.3, 0.4) is 0 Å². The van der Waals surface area contributed by atoms with E-state index in [1.54, 1.807) is 29.7 Å². The lowest BCUT2D eigenvalue weighted by molar-refractivity contribution is 0.796. The van der Waals surface area contributed by atoms with Gasteiger partial charge in [-0.05, 0) is 18.4 Å². The van der Waals surface area contributed by atoms with Gasteiger partial charge in [-0.3, -0.25) is 4.99 Å². The Kier molecular flexibility index (Phi) is 8.08. The Hall–Kier alpha value is -0.670. The molecule has 0 saturated carbocycles. The van der Waals surface area contributed by atoms with Crippen molar-refractivity contribution < 1.29 is 0 Å². The van der Waals surface area contributed by atoms with E-state index in [2.05, 4.69) is 45.0 Å². The first-order valence-corrected chi connectivity index (χ1v) is 7.86. The van der Waals surface area contributed by atoms with Crippen LogP contribution in [0.25, 0.3) is 0 Å². The Morgan fingerprint density at radius 2 is 2.25 bits per heavy atom. The molecule has 0 aliphatic carbocycles. The standard InChI is InChI=1S/C13H18N4S2.HI/c1-10-8-16-12(19-10)5-6-15-13(14-2)17-9-11-4-3-7-18-11;/h3-4,7-8H,5-6,9H2,1-2H3,(H2,14,15,17);1H. The van der Waals surface area contributed by atoms with Crippen molar-refractivity contribution in [1.29, 1.82) is 0 Å². The van der Waals surface area contributed by atoms with Crippen molar-refractivity contribution in [2.45, 2.75) is 19.9 Å². The molecule has 0 aliphatic heterocycles. The second-order valence-corrected chi connectivity index (χ2v) is 6.40. The van der Waals surface area contributed by atoms with Crippen molar-refractivity contribution in [2.75, 3.05) is 13.6 Å². The Balaban J connectivity index is 0.00000200. The summed E-state index contributed by atoms with van der Waals surface area (Å²) in [6.45, 7) is 3.74. The summed E-state index contributed by atoms with van der Waals surface area (Å²) < 4.78 is 0. The van der Waals surface area contributed by atoms with Crippen LogP contribution in [-0.2, 0) is 13.0 Å². The van der Waals surface area contributed by atoms with Crippen molar-refractivity contribution in [3.63, 3.8) is 0 Å². The molecule has 0 radical (unpaired) electrons. The highest BCUT2D eigenvalue weighted by Crippen LogP contribution is 2.11. The third-order valence-corrected chi connectivity index (χ3v) is 4.38. The fraction of sp³-hybridized carbons (Fsp3) is 0.385. The summed E-state index contributed by atoms with van der Waals surface area (Å²) >= 11 is 3.49. The number of aromatic nitrogens is 1. The molecule has 0 aromatic carbocycles. The first-order chi connectivity index (χ1) is 9.28. The Morgan fingerprint density at radius 1 is 1.40 bits per heavy atom. The van der Waals surface area contributed by atoms with E-state index in [0.29, 0.717) is 0 Å². The van der Waals surface area contributed by atoms with Crippen LogP contribution in [0.2, 0.25) is 0 Å². The second-order valence-electron chi connectivity index (χ2n) is 4.05. The molecule has 2 rings (SSSR count). The third kappa shape index (κ3) is 5.76.